The summed E-state index contributed by atoms with van der Waals surface area (Å²) in [6, 6.07) is 6.00. The van der Waals surface area contributed by atoms with Gasteiger partial charge in [-0.2, -0.15) is 0 Å². The van der Waals surface area contributed by atoms with Crippen LogP contribution in [0.1, 0.15) is 18.9 Å². The van der Waals surface area contributed by atoms with Gasteiger partial charge < -0.3 is 10.2 Å². The molecule has 0 spiro atoms. The molecule has 1 aromatic rings. The molecular formula is C15H21N3O2. The minimum atomic E-state index is -0.249. The van der Waals surface area contributed by atoms with Crippen molar-refractivity contribution in [1.82, 2.24) is 5.32 Å². The quantitative estimate of drug-likeness (QED) is 0.679. The zero-order valence-corrected chi connectivity index (χ0v) is 12.0. The molecule has 3 unspecified atom stereocenters. The summed E-state index contributed by atoms with van der Waals surface area (Å²) in [5.74, 6) is 1.25. The van der Waals surface area contributed by atoms with Crippen molar-refractivity contribution in [2.24, 2.45) is 11.8 Å². The minimum absolute atomic E-state index is 0.247. The van der Waals surface area contributed by atoms with E-state index in [2.05, 4.69) is 17.1 Å². The van der Waals surface area contributed by atoms with Crippen LogP contribution in [0.5, 0.6) is 0 Å². The fraction of sp³-hybridized carbons (Fsp3) is 0.600. The molecule has 5 heteroatoms. The second kappa shape index (κ2) is 5.05. The van der Waals surface area contributed by atoms with Crippen LogP contribution in [0.15, 0.2) is 18.2 Å². The molecular weight excluding hydrogens is 254 g/mol. The van der Waals surface area contributed by atoms with Crippen molar-refractivity contribution < 1.29 is 4.92 Å². The Kier molecular flexibility index (Phi) is 3.38. The summed E-state index contributed by atoms with van der Waals surface area (Å²) in [5, 5.41) is 14.8. The van der Waals surface area contributed by atoms with Crippen molar-refractivity contribution in [3.8, 4) is 0 Å². The highest BCUT2D eigenvalue weighted by Crippen LogP contribution is 2.41. The first kappa shape index (κ1) is 13.4. The van der Waals surface area contributed by atoms with E-state index in [-0.39, 0.29) is 10.6 Å². The number of fused-ring (bicyclic) bond motifs is 1. The van der Waals surface area contributed by atoms with Gasteiger partial charge in [0.15, 0.2) is 0 Å². The van der Waals surface area contributed by atoms with Crippen molar-refractivity contribution >= 4 is 11.4 Å². The zero-order chi connectivity index (χ0) is 14.3. The summed E-state index contributed by atoms with van der Waals surface area (Å²) in [7, 11) is 0. The van der Waals surface area contributed by atoms with Crippen LogP contribution in [0.2, 0.25) is 0 Å². The highest BCUT2D eigenvalue weighted by molar-refractivity contribution is 5.65. The predicted octanol–water partition coefficient (Wildman–Crippen LogP) is 2.34. The highest BCUT2D eigenvalue weighted by atomic mass is 16.6. The van der Waals surface area contributed by atoms with Gasteiger partial charge in [-0.1, -0.05) is 13.0 Å². The molecule has 2 aliphatic rings. The molecule has 20 heavy (non-hydrogen) atoms. The topological polar surface area (TPSA) is 58.4 Å². The Hall–Kier alpha value is -1.62. The number of hydrogen-bond donors (Lipinski definition) is 1. The van der Waals surface area contributed by atoms with Crippen LogP contribution in [0.25, 0.3) is 0 Å². The maximum atomic E-state index is 11.3. The molecule has 2 aliphatic heterocycles. The van der Waals surface area contributed by atoms with Crippen LogP contribution in [0, 0.1) is 28.9 Å². The molecule has 0 bridgehead atoms. The first-order valence-electron chi connectivity index (χ1n) is 7.34. The molecule has 0 amide bonds. The molecule has 5 nitrogen and oxygen atoms in total. The number of benzene rings is 1. The molecule has 0 radical (unpaired) electrons. The van der Waals surface area contributed by atoms with E-state index in [1.54, 1.807) is 6.07 Å². The lowest BCUT2D eigenvalue weighted by Crippen LogP contribution is -2.35. The van der Waals surface area contributed by atoms with E-state index in [0.717, 1.165) is 37.3 Å². The summed E-state index contributed by atoms with van der Waals surface area (Å²) < 4.78 is 0. The molecule has 1 N–H and O–H groups in total. The van der Waals surface area contributed by atoms with Gasteiger partial charge in [-0.25, -0.2) is 0 Å². The van der Waals surface area contributed by atoms with E-state index in [0.29, 0.717) is 17.9 Å². The average Bonchev–Trinajstić information content (AvgIpc) is 2.98. The van der Waals surface area contributed by atoms with Crippen LogP contribution >= 0.6 is 0 Å². The number of anilines is 1. The third-order valence-corrected chi connectivity index (χ3v) is 4.77. The average molecular weight is 275 g/mol. The van der Waals surface area contributed by atoms with Gasteiger partial charge in [0.2, 0.25) is 0 Å². The minimum Gasteiger partial charge on any atom is -0.362 e. The normalized spacial score (nSPS) is 28.7. The molecule has 3 atom stereocenters. The van der Waals surface area contributed by atoms with Gasteiger partial charge in [0, 0.05) is 31.7 Å². The highest BCUT2D eigenvalue weighted by Gasteiger charge is 2.44. The van der Waals surface area contributed by atoms with Gasteiger partial charge >= 0.3 is 0 Å². The van der Waals surface area contributed by atoms with Gasteiger partial charge in [-0.15, -0.1) is 0 Å². The lowest BCUT2D eigenvalue weighted by atomic mass is 9.93. The van der Waals surface area contributed by atoms with Crippen LogP contribution in [-0.4, -0.2) is 30.6 Å². The molecule has 2 heterocycles. The SMILES string of the molecule is CCC1C2CNCC2CN1c1ccc(C)cc1[N+](=O)[O-]. The standard InChI is InChI=1S/C15H21N3O2/c1-3-13-12-8-16-7-11(12)9-17(13)14-5-4-10(2)6-15(14)18(19)20/h4-6,11-13,16H,3,7-9H2,1-2H3. The number of nitrogens with one attached hydrogen (secondary N) is 1. The molecule has 2 saturated heterocycles. The predicted molar refractivity (Wildman–Crippen MR) is 79.1 cm³/mol. The van der Waals surface area contributed by atoms with Crippen LogP contribution in [-0.2, 0) is 0 Å². The van der Waals surface area contributed by atoms with E-state index >= 15 is 0 Å². The smallest absolute Gasteiger partial charge is 0.292 e. The van der Waals surface area contributed by atoms with E-state index in [4.69, 9.17) is 0 Å². The molecule has 2 fully saturated rings. The summed E-state index contributed by atoms with van der Waals surface area (Å²) >= 11 is 0. The Bertz CT molecular complexity index is 532. The van der Waals surface area contributed by atoms with Crippen LogP contribution in [0.3, 0.4) is 0 Å². The van der Waals surface area contributed by atoms with Crippen molar-refractivity contribution in [3.05, 3.63) is 33.9 Å². The zero-order valence-electron chi connectivity index (χ0n) is 12.0. The Labute approximate surface area is 119 Å². The van der Waals surface area contributed by atoms with Crippen LogP contribution in [0.4, 0.5) is 11.4 Å². The summed E-state index contributed by atoms with van der Waals surface area (Å²) in [6.45, 7) is 7.09. The summed E-state index contributed by atoms with van der Waals surface area (Å²) in [5.41, 5.74) is 1.98. The molecule has 0 saturated carbocycles. The number of rotatable bonds is 3. The Morgan fingerprint density at radius 3 is 2.95 bits per heavy atom. The van der Waals surface area contributed by atoms with Crippen molar-refractivity contribution in [3.63, 3.8) is 0 Å². The lowest BCUT2D eigenvalue weighted by Gasteiger charge is -2.28. The third-order valence-electron chi connectivity index (χ3n) is 4.77. The van der Waals surface area contributed by atoms with E-state index in [1.807, 2.05) is 19.1 Å². The van der Waals surface area contributed by atoms with E-state index in [1.165, 1.54) is 0 Å². The third kappa shape index (κ3) is 2.06. The number of nitro benzene ring substituents is 1. The Morgan fingerprint density at radius 1 is 1.45 bits per heavy atom. The van der Waals surface area contributed by atoms with Gasteiger partial charge in [0.1, 0.15) is 5.69 Å². The maximum absolute atomic E-state index is 11.3. The first-order chi connectivity index (χ1) is 9.61. The first-order valence-corrected chi connectivity index (χ1v) is 7.34. The number of aryl methyl sites for hydroxylation is 1. The number of hydrogen-bond acceptors (Lipinski definition) is 4. The van der Waals surface area contributed by atoms with Gasteiger partial charge in [0.25, 0.3) is 5.69 Å². The Morgan fingerprint density at radius 2 is 2.25 bits per heavy atom. The maximum Gasteiger partial charge on any atom is 0.292 e. The Balaban J connectivity index is 1.98. The molecule has 0 aromatic heterocycles. The molecule has 108 valence electrons. The number of nitro groups is 1. The second-order valence-electron chi connectivity index (χ2n) is 5.96. The molecule has 3 rings (SSSR count). The lowest BCUT2D eigenvalue weighted by molar-refractivity contribution is -0.384. The largest absolute Gasteiger partial charge is 0.362 e. The van der Waals surface area contributed by atoms with Crippen molar-refractivity contribution in [1.29, 1.82) is 0 Å². The monoisotopic (exact) mass is 275 g/mol. The summed E-state index contributed by atoms with van der Waals surface area (Å²) in [6.07, 6.45) is 1.04. The summed E-state index contributed by atoms with van der Waals surface area (Å²) in [4.78, 5) is 13.4. The van der Waals surface area contributed by atoms with Crippen molar-refractivity contribution in [2.75, 3.05) is 24.5 Å². The van der Waals surface area contributed by atoms with Gasteiger partial charge in [-0.3, -0.25) is 10.1 Å². The fourth-order valence-corrected chi connectivity index (χ4v) is 3.85. The molecule has 0 aliphatic carbocycles. The second-order valence-corrected chi connectivity index (χ2v) is 5.96. The van der Waals surface area contributed by atoms with Crippen molar-refractivity contribution in [2.45, 2.75) is 26.3 Å². The van der Waals surface area contributed by atoms with Gasteiger partial charge in [0.05, 0.1) is 4.92 Å². The van der Waals surface area contributed by atoms with Gasteiger partial charge in [-0.05, 0) is 36.8 Å². The molecule has 1 aromatic carbocycles. The van der Waals surface area contributed by atoms with Crippen LogP contribution < -0.4 is 10.2 Å². The van der Waals surface area contributed by atoms with E-state index < -0.39 is 0 Å². The number of nitrogens with zero attached hydrogens (tertiary/aromatic N) is 2. The van der Waals surface area contributed by atoms with E-state index in [9.17, 15) is 10.1 Å². The fourth-order valence-electron chi connectivity index (χ4n) is 3.85.